The van der Waals surface area contributed by atoms with Crippen LogP contribution in [0.2, 0.25) is 0 Å². The van der Waals surface area contributed by atoms with Crippen molar-refractivity contribution in [1.82, 2.24) is 10.6 Å². The van der Waals surface area contributed by atoms with E-state index >= 15 is 0 Å². The Balaban J connectivity index is 1.90. The monoisotopic (exact) mass is 458 g/mol. The summed E-state index contributed by atoms with van der Waals surface area (Å²) in [5.74, 6) is -0.182. The molecule has 3 N–H and O–H groups in total. The number of rotatable bonds is 2. The molecule has 8 heteroatoms. The number of fused-ring (bicyclic) bond motifs is 1. The van der Waals surface area contributed by atoms with Gasteiger partial charge < -0.3 is 15.7 Å². The maximum atomic E-state index is 12.4. The highest BCUT2D eigenvalue weighted by Crippen LogP contribution is 2.42. The second kappa shape index (κ2) is 5.31. The van der Waals surface area contributed by atoms with Gasteiger partial charge in [-0.3, -0.25) is 4.79 Å². The van der Waals surface area contributed by atoms with E-state index in [1.54, 1.807) is 0 Å². The van der Waals surface area contributed by atoms with Crippen molar-refractivity contribution in [3.63, 3.8) is 0 Å². The van der Waals surface area contributed by atoms with E-state index in [0.717, 1.165) is 17.3 Å². The van der Waals surface area contributed by atoms with Crippen molar-refractivity contribution >= 4 is 71.8 Å². The van der Waals surface area contributed by atoms with E-state index in [-0.39, 0.29) is 5.91 Å². The molecule has 0 fully saturated rings. The highest BCUT2D eigenvalue weighted by Gasteiger charge is 2.41. The molecule has 2 aromatic heterocycles. The maximum Gasteiger partial charge on any atom is 0.258 e. The minimum atomic E-state index is -0.888. The smallest absolute Gasteiger partial charge is 0.258 e. The zero-order chi connectivity index (χ0) is 15.4. The molecule has 4 rings (SSSR count). The predicted molar refractivity (Wildman–Crippen MR) is 95.2 cm³/mol. The summed E-state index contributed by atoms with van der Waals surface area (Å²) in [5, 5.41) is 16.3. The molecule has 1 amide bonds. The molecule has 2 aromatic rings. The Bertz CT molecular complexity index is 866. The van der Waals surface area contributed by atoms with E-state index in [0.29, 0.717) is 22.5 Å². The zero-order valence-electron chi connectivity index (χ0n) is 10.8. The van der Waals surface area contributed by atoms with Gasteiger partial charge >= 0.3 is 0 Å². The summed E-state index contributed by atoms with van der Waals surface area (Å²) in [6.45, 7) is 0. The second-order valence-electron chi connectivity index (χ2n) is 4.75. The van der Waals surface area contributed by atoms with Gasteiger partial charge in [0.1, 0.15) is 0 Å². The van der Waals surface area contributed by atoms with E-state index in [1.165, 1.54) is 22.7 Å². The van der Waals surface area contributed by atoms with Crippen LogP contribution in [-0.4, -0.2) is 17.2 Å². The number of thiophene rings is 2. The molecule has 0 aromatic carbocycles. The average Bonchev–Trinajstić information content (AvgIpc) is 3.19. The largest absolute Gasteiger partial charge is 0.369 e. The highest BCUT2D eigenvalue weighted by atomic mass is 79.9. The lowest BCUT2D eigenvalue weighted by Crippen LogP contribution is -2.24. The van der Waals surface area contributed by atoms with Crippen molar-refractivity contribution in [2.75, 3.05) is 0 Å². The molecule has 0 radical (unpaired) electrons. The molecule has 1 unspecified atom stereocenters. The molecule has 0 saturated heterocycles. The van der Waals surface area contributed by atoms with Crippen LogP contribution in [0.25, 0.3) is 11.4 Å². The molecule has 0 saturated carbocycles. The van der Waals surface area contributed by atoms with Gasteiger partial charge in [0.05, 0.1) is 34.3 Å². The summed E-state index contributed by atoms with van der Waals surface area (Å²) in [6.07, 6.45) is -0.888. The van der Waals surface area contributed by atoms with Gasteiger partial charge in [-0.25, -0.2) is 0 Å². The van der Waals surface area contributed by atoms with Crippen molar-refractivity contribution in [2.45, 2.75) is 6.23 Å². The second-order valence-corrected chi connectivity index (χ2v) is 9.67. The summed E-state index contributed by atoms with van der Waals surface area (Å²) in [4.78, 5) is 14.2. The van der Waals surface area contributed by atoms with Gasteiger partial charge in [-0.1, -0.05) is 0 Å². The van der Waals surface area contributed by atoms with Gasteiger partial charge in [-0.2, -0.15) is 0 Å². The van der Waals surface area contributed by atoms with Gasteiger partial charge in [0.2, 0.25) is 0 Å². The average molecular weight is 460 g/mol. The van der Waals surface area contributed by atoms with Crippen molar-refractivity contribution in [2.24, 2.45) is 0 Å². The minimum absolute atomic E-state index is 0.182. The third-order valence-corrected chi connectivity index (χ3v) is 6.73. The molecule has 2 aliphatic rings. The lowest BCUT2D eigenvalue weighted by molar-refractivity contribution is -0.115. The lowest BCUT2D eigenvalue weighted by Gasteiger charge is -2.10. The van der Waals surface area contributed by atoms with Gasteiger partial charge in [-0.05, 0) is 56.1 Å². The number of nitrogens with one attached hydrogen (secondary N) is 2. The maximum absolute atomic E-state index is 12.4. The lowest BCUT2D eigenvalue weighted by atomic mass is 10.1. The predicted octanol–water partition coefficient (Wildman–Crippen LogP) is 3.51. The summed E-state index contributed by atoms with van der Waals surface area (Å²) >= 11 is 9.88. The number of hydrogen-bond donors (Lipinski definition) is 3. The summed E-state index contributed by atoms with van der Waals surface area (Å²) in [5.41, 5.74) is 2.52. The standard InChI is InChI=1S/C14H8Br2N2O2S2/c15-7-3-1-5(21-7)11-9-10(14(20)17-11)12(18-13(9)19)6-2-4-8(16)22-6/h1-4,13,18-19H,(H,17,20). The van der Waals surface area contributed by atoms with Crippen LogP contribution in [0.1, 0.15) is 9.75 Å². The van der Waals surface area contributed by atoms with Crippen LogP contribution in [-0.2, 0) is 4.79 Å². The molecule has 2 aliphatic heterocycles. The Labute approximate surface area is 150 Å². The molecular formula is C14H8Br2N2O2S2. The van der Waals surface area contributed by atoms with Crippen LogP contribution in [0.4, 0.5) is 0 Å². The molecule has 0 aliphatic carbocycles. The van der Waals surface area contributed by atoms with Gasteiger partial charge in [0, 0.05) is 5.57 Å². The fraction of sp³-hybridized carbons (Fsp3) is 0.0714. The SMILES string of the molecule is O=C1NC(c2ccc(Br)s2)=C2C1=C(c1ccc(Br)s1)NC2O. The molecular weight excluding hydrogens is 452 g/mol. The Morgan fingerprint density at radius 2 is 1.59 bits per heavy atom. The van der Waals surface area contributed by atoms with E-state index in [1.807, 2.05) is 24.3 Å². The molecule has 0 bridgehead atoms. The number of halogens is 2. The van der Waals surface area contributed by atoms with Crippen LogP contribution in [0.15, 0.2) is 43.0 Å². The number of carbonyl (C=O) groups is 1. The number of hydrogen-bond acceptors (Lipinski definition) is 5. The topological polar surface area (TPSA) is 61.4 Å². The number of carbonyl (C=O) groups excluding carboxylic acids is 1. The molecule has 0 spiro atoms. The summed E-state index contributed by atoms with van der Waals surface area (Å²) < 4.78 is 1.95. The van der Waals surface area contributed by atoms with Crippen LogP contribution in [0.5, 0.6) is 0 Å². The van der Waals surface area contributed by atoms with Crippen molar-refractivity contribution < 1.29 is 9.90 Å². The van der Waals surface area contributed by atoms with Crippen LogP contribution >= 0.6 is 54.5 Å². The molecule has 22 heavy (non-hydrogen) atoms. The van der Waals surface area contributed by atoms with Crippen LogP contribution in [0, 0.1) is 0 Å². The fourth-order valence-corrected chi connectivity index (χ4v) is 5.38. The van der Waals surface area contributed by atoms with Gasteiger partial charge in [0.15, 0.2) is 6.23 Å². The first-order chi connectivity index (χ1) is 10.5. The minimum Gasteiger partial charge on any atom is -0.369 e. The Hall–Kier alpha value is -0.930. The zero-order valence-corrected chi connectivity index (χ0v) is 15.6. The van der Waals surface area contributed by atoms with Gasteiger partial charge in [0.25, 0.3) is 5.91 Å². The van der Waals surface area contributed by atoms with Crippen molar-refractivity contribution in [3.05, 3.63) is 52.7 Å². The van der Waals surface area contributed by atoms with E-state index < -0.39 is 6.23 Å². The van der Waals surface area contributed by atoms with Crippen molar-refractivity contribution in [3.8, 4) is 0 Å². The van der Waals surface area contributed by atoms with E-state index in [9.17, 15) is 9.90 Å². The first-order valence-corrected chi connectivity index (χ1v) is 9.52. The Kier molecular flexibility index (Phi) is 3.54. The number of aliphatic hydroxyl groups excluding tert-OH is 1. The normalized spacial score (nSPS) is 20.5. The van der Waals surface area contributed by atoms with Crippen molar-refractivity contribution in [1.29, 1.82) is 0 Å². The molecule has 4 nitrogen and oxygen atoms in total. The van der Waals surface area contributed by atoms with Gasteiger partial charge in [-0.15, -0.1) is 22.7 Å². The Morgan fingerprint density at radius 3 is 2.14 bits per heavy atom. The summed E-state index contributed by atoms with van der Waals surface area (Å²) in [6, 6.07) is 7.69. The third-order valence-electron chi connectivity index (χ3n) is 3.45. The van der Waals surface area contributed by atoms with E-state index in [4.69, 9.17) is 0 Å². The third kappa shape index (κ3) is 2.21. The summed E-state index contributed by atoms with van der Waals surface area (Å²) in [7, 11) is 0. The first-order valence-electron chi connectivity index (χ1n) is 6.31. The molecule has 1 atom stereocenters. The highest BCUT2D eigenvalue weighted by molar-refractivity contribution is 9.11. The first kappa shape index (κ1) is 14.6. The van der Waals surface area contributed by atoms with E-state index in [2.05, 4.69) is 42.5 Å². The Morgan fingerprint density at radius 1 is 1.00 bits per heavy atom. The molecule has 112 valence electrons. The number of aliphatic hydroxyl groups is 1. The fourth-order valence-electron chi connectivity index (χ4n) is 2.58. The molecule has 4 heterocycles. The quantitative estimate of drug-likeness (QED) is 0.643. The number of amides is 1. The van der Waals surface area contributed by atoms with Crippen LogP contribution < -0.4 is 10.6 Å². The van der Waals surface area contributed by atoms with Crippen LogP contribution in [0.3, 0.4) is 0 Å².